The summed E-state index contributed by atoms with van der Waals surface area (Å²) in [7, 11) is 1.78. The van der Waals surface area contributed by atoms with Gasteiger partial charge < -0.3 is 20.3 Å². The fourth-order valence-electron chi connectivity index (χ4n) is 3.51. The zero-order valence-corrected chi connectivity index (χ0v) is 17.6. The summed E-state index contributed by atoms with van der Waals surface area (Å²) in [6, 6.07) is 9.94. The Morgan fingerprint density at radius 3 is 2.83 bits per heavy atom. The lowest BCUT2D eigenvalue weighted by atomic mass is 10.1. The quantitative estimate of drug-likeness (QED) is 0.397. The van der Waals surface area contributed by atoms with E-state index in [-0.39, 0.29) is 18.3 Å². The second kappa shape index (κ2) is 9.77. The maximum absolute atomic E-state index is 14.5. The number of carbonyl (C=O) groups excluding carboxylic acids is 2. The Balaban J connectivity index is 1.76. The average Bonchev–Trinajstić information content (AvgIpc) is 3.10. The second-order valence-corrected chi connectivity index (χ2v) is 7.74. The van der Waals surface area contributed by atoms with E-state index >= 15 is 0 Å². The average molecular weight is 429 g/mol. The number of nitrogens with two attached hydrogens (primary N) is 1. The van der Waals surface area contributed by atoms with Gasteiger partial charge in [-0.15, -0.1) is 0 Å². The molecule has 0 bridgehead atoms. The number of fused-ring (bicyclic) bond motifs is 1. The molecule has 8 heteroatoms. The van der Waals surface area contributed by atoms with E-state index in [1.807, 2.05) is 6.07 Å². The number of halogens is 1. The van der Waals surface area contributed by atoms with Crippen molar-refractivity contribution in [3.8, 4) is 0 Å². The smallest absolute Gasteiger partial charge is 0.255 e. The van der Waals surface area contributed by atoms with Crippen LogP contribution in [0.15, 0.2) is 53.6 Å². The molecule has 1 aliphatic heterocycles. The molecule has 0 aromatic heterocycles. The van der Waals surface area contributed by atoms with Gasteiger partial charge in [-0.05, 0) is 43.0 Å². The first-order valence-corrected chi connectivity index (χ1v) is 10.5. The summed E-state index contributed by atoms with van der Waals surface area (Å²) >= 11 is 0.868. The zero-order chi connectivity index (χ0) is 21.7. The number of nitrogens with one attached hydrogen (secondary N) is 2. The SMILES string of the molecule is C=C(CCC(C=O)N1Cc2c(NCc3cccc(SN)c3F)cccc2C1=O)NC. The molecule has 2 aromatic carbocycles. The van der Waals surface area contributed by atoms with Crippen LogP contribution in [0, 0.1) is 5.82 Å². The molecule has 0 aliphatic carbocycles. The van der Waals surface area contributed by atoms with Gasteiger partial charge in [0, 0.05) is 48.2 Å². The van der Waals surface area contributed by atoms with Crippen LogP contribution in [0.2, 0.25) is 0 Å². The second-order valence-electron chi connectivity index (χ2n) is 7.06. The van der Waals surface area contributed by atoms with Crippen LogP contribution < -0.4 is 15.8 Å². The highest BCUT2D eigenvalue weighted by molar-refractivity contribution is 7.97. The summed E-state index contributed by atoms with van der Waals surface area (Å²) in [5, 5.41) is 11.7. The van der Waals surface area contributed by atoms with E-state index < -0.39 is 6.04 Å². The van der Waals surface area contributed by atoms with E-state index in [0.29, 0.717) is 35.4 Å². The molecule has 0 fully saturated rings. The first kappa shape index (κ1) is 21.9. The fourth-order valence-corrected chi connectivity index (χ4v) is 3.90. The predicted octanol–water partition coefficient (Wildman–Crippen LogP) is 3.44. The summed E-state index contributed by atoms with van der Waals surface area (Å²) in [6.45, 7) is 4.45. The molecule has 0 radical (unpaired) electrons. The van der Waals surface area contributed by atoms with Crippen LogP contribution in [0.1, 0.15) is 34.3 Å². The number of amides is 1. The van der Waals surface area contributed by atoms with Gasteiger partial charge in [0.25, 0.3) is 5.91 Å². The lowest BCUT2D eigenvalue weighted by molar-refractivity contribution is -0.112. The number of carbonyl (C=O) groups is 2. The lowest BCUT2D eigenvalue weighted by Crippen LogP contribution is -2.37. The molecule has 0 saturated carbocycles. The standard InChI is InChI=1S/C22H25FN4O2S/c1-14(25-2)9-10-16(13-28)27-12-18-17(22(27)29)6-4-7-19(18)26-11-15-5-3-8-20(30-24)21(15)23/h3-8,13,16,25-26H,1,9-12,24H2,2H3. The third kappa shape index (κ3) is 4.49. The zero-order valence-electron chi connectivity index (χ0n) is 16.8. The molecule has 1 heterocycles. The Morgan fingerprint density at radius 1 is 1.37 bits per heavy atom. The number of rotatable bonds is 10. The van der Waals surface area contributed by atoms with Crippen molar-refractivity contribution >= 4 is 29.8 Å². The Labute approximate surface area is 179 Å². The van der Waals surface area contributed by atoms with E-state index in [2.05, 4.69) is 17.2 Å². The Hall–Kier alpha value is -2.84. The van der Waals surface area contributed by atoms with Crippen molar-refractivity contribution in [1.29, 1.82) is 0 Å². The van der Waals surface area contributed by atoms with Crippen molar-refractivity contribution < 1.29 is 14.0 Å². The molecule has 0 spiro atoms. The molecule has 4 N–H and O–H groups in total. The molecule has 3 rings (SSSR count). The third-order valence-corrected chi connectivity index (χ3v) is 5.86. The molecular weight excluding hydrogens is 403 g/mol. The van der Waals surface area contributed by atoms with Gasteiger partial charge >= 0.3 is 0 Å². The molecule has 30 heavy (non-hydrogen) atoms. The van der Waals surface area contributed by atoms with Crippen LogP contribution >= 0.6 is 11.9 Å². The summed E-state index contributed by atoms with van der Waals surface area (Å²) < 4.78 is 14.5. The van der Waals surface area contributed by atoms with Gasteiger partial charge in [0.05, 0.1) is 10.9 Å². The van der Waals surface area contributed by atoms with Crippen LogP contribution in [-0.2, 0) is 17.9 Å². The minimum Gasteiger partial charge on any atom is -0.392 e. The van der Waals surface area contributed by atoms with E-state index in [0.717, 1.165) is 35.2 Å². The van der Waals surface area contributed by atoms with Gasteiger partial charge in [-0.2, -0.15) is 0 Å². The Bertz CT molecular complexity index is 966. The number of allylic oxidation sites excluding steroid dienone is 1. The topological polar surface area (TPSA) is 87.5 Å². The van der Waals surface area contributed by atoms with Crippen molar-refractivity contribution in [3.63, 3.8) is 0 Å². The molecule has 2 aromatic rings. The molecule has 0 saturated heterocycles. The van der Waals surface area contributed by atoms with E-state index in [4.69, 9.17) is 5.14 Å². The van der Waals surface area contributed by atoms with Gasteiger partial charge in [-0.1, -0.05) is 24.8 Å². The highest BCUT2D eigenvalue weighted by Gasteiger charge is 2.33. The van der Waals surface area contributed by atoms with Gasteiger partial charge in [0.1, 0.15) is 12.1 Å². The van der Waals surface area contributed by atoms with Crippen LogP contribution in [0.5, 0.6) is 0 Å². The van der Waals surface area contributed by atoms with Crippen LogP contribution in [0.25, 0.3) is 0 Å². The highest BCUT2D eigenvalue weighted by atomic mass is 32.2. The van der Waals surface area contributed by atoms with Gasteiger partial charge in [-0.25, -0.2) is 4.39 Å². The fraction of sp³-hybridized carbons (Fsp3) is 0.273. The van der Waals surface area contributed by atoms with Crippen molar-refractivity contribution in [2.24, 2.45) is 5.14 Å². The minimum absolute atomic E-state index is 0.173. The molecule has 1 unspecified atom stereocenters. The van der Waals surface area contributed by atoms with Crippen molar-refractivity contribution in [3.05, 3.63) is 71.2 Å². The highest BCUT2D eigenvalue weighted by Crippen LogP contribution is 2.32. The summed E-state index contributed by atoms with van der Waals surface area (Å²) in [5.74, 6) is -0.526. The van der Waals surface area contributed by atoms with Gasteiger partial charge in [0.2, 0.25) is 0 Å². The van der Waals surface area contributed by atoms with Crippen molar-refractivity contribution in [1.82, 2.24) is 10.2 Å². The van der Waals surface area contributed by atoms with Crippen LogP contribution in [0.4, 0.5) is 10.1 Å². The number of hydrogen-bond donors (Lipinski definition) is 3. The number of nitrogens with zero attached hydrogens (tertiary/aromatic N) is 1. The first-order valence-electron chi connectivity index (χ1n) is 9.61. The van der Waals surface area contributed by atoms with E-state index in [1.54, 1.807) is 42.3 Å². The number of aldehydes is 1. The number of anilines is 1. The van der Waals surface area contributed by atoms with Gasteiger partial charge in [-0.3, -0.25) is 9.93 Å². The molecule has 1 amide bonds. The van der Waals surface area contributed by atoms with Crippen LogP contribution in [0.3, 0.4) is 0 Å². The maximum Gasteiger partial charge on any atom is 0.255 e. The van der Waals surface area contributed by atoms with Crippen molar-refractivity contribution in [2.45, 2.75) is 36.9 Å². The summed E-state index contributed by atoms with van der Waals surface area (Å²) in [4.78, 5) is 26.5. The summed E-state index contributed by atoms with van der Waals surface area (Å²) in [5.41, 5.74) is 3.42. The van der Waals surface area contributed by atoms with Crippen LogP contribution in [-0.4, -0.2) is 30.2 Å². The monoisotopic (exact) mass is 428 g/mol. The Morgan fingerprint density at radius 2 is 2.13 bits per heavy atom. The largest absolute Gasteiger partial charge is 0.392 e. The lowest BCUT2D eigenvalue weighted by Gasteiger charge is -2.23. The predicted molar refractivity (Wildman–Crippen MR) is 117 cm³/mol. The van der Waals surface area contributed by atoms with E-state index in [1.165, 1.54) is 0 Å². The number of hydrogen-bond acceptors (Lipinski definition) is 6. The minimum atomic E-state index is -0.529. The molecule has 1 aliphatic rings. The van der Waals surface area contributed by atoms with E-state index in [9.17, 15) is 14.0 Å². The third-order valence-electron chi connectivity index (χ3n) is 5.29. The Kier molecular flexibility index (Phi) is 7.12. The first-order chi connectivity index (χ1) is 14.5. The molecule has 6 nitrogen and oxygen atoms in total. The molecular formula is C22H25FN4O2S. The molecule has 1 atom stereocenters. The van der Waals surface area contributed by atoms with Gasteiger partial charge in [0.15, 0.2) is 0 Å². The normalized spacial score (nSPS) is 13.7. The summed E-state index contributed by atoms with van der Waals surface area (Å²) in [6.07, 6.45) is 1.91. The van der Waals surface area contributed by atoms with Crippen molar-refractivity contribution in [2.75, 3.05) is 12.4 Å². The number of benzene rings is 2. The maximum atomic E-state index is 14.5. The molecule has 158 valence electrons.